The van der Waals surface area contributed by atoms with E-state index in [1.165, 1.54) is 18.2 Å². The van der Waals surface area contributed by atoms with E-state index in [1.54, 1.807) is 0 Å². The van der Waals surface area contributed by atoms with Crippen LogP contribution in [0.5, 0.6) is 0 Å². The van der Waals surface area contributed by atoms with Crippen LogP contribution in [0.2, 0.25) is 0 Å². The highest BCUT2D eigenvalue weighted by Gasteiger charge is 2.33. The zero-order chi connectivity index (χ0) is 16.7. The summed E-state index contributed by atoms with van der Waals surface area (Å²) in [5.74, 6) is -0.505. The van der Waals surface area contributed by atoms with Crippen LogP contribution >= 0.6 is 0 Å². The van der Waals surface area contributed by atoms with Gasteiger partial charge in [0.05, 0.1) is 17.8 Å². The minimum atomic E-state index is -4.50. The standard InChI is InChI=1S/C17H17F3N2O/c18-17(19,20)14-8-4-5-9-15(14)22-16(23)12-21-11-10-13-6-2-1-3-7-13/h1-9,21H,10-12H2,(H,22,23). The number of benzene rings is 2. The van der Waals surface area contributed by atoms with Gasteiger partial charge >= 0.3 is 6.18 Å². The predicted molar refractivity (Wildman–Crippen MR) is 83.1 cm³/mol. The van der Waals surface area contributed by atoms with Crippen LogP contribution in [-0.4, -0.2) is 19.0 Å². The van der Waals surface area contributed by atoms with Crippen molar-refractivity contribution in [1.29, 1.82) is 0 Å². The molecule has 0 aromatic heterocycles. The Balaban J connectivity index is 1.81. The summed E-state index contributed by atoms with van der Waals surface area (Å²) in [6.07, 6.45) is -3.75. The lowest BCUT2D eigenvalue weighted by molar-refractivity contribution is -0.137. The molecule has 2 aromatic rings. The van der Waals surface area contributed by atoms with Gasteiger partial charge in [0.25, 0.3) is 0 Å². The maximum Gasteiger partial charge on any atom is 0.418 e. The van der Waals surface area contributed by atoms with Gasteiger partial charge in [-0.2, -0.15) is 13.2 Å². The summed E-state index contributed by atoms with van der Waals surface area (Å²) >= 11 is 0. The van der Waals surface area contributed by atoms with Gasteiger partial charge in [-0.05, 0) is 30.7 Å². The Kier molecular flexibility index (Phi) is 5.76. The highest BCUT2D eigenvalue weighted by atomic mass is 19.4. The zero-order valence-corrected chi connectivity index (χ0v) is 12.4. The second kappa shape index (κ2) is 7.78. The first kappa shape index (κ1) is 17.0. The maximum atomic E-state index is 12.8. The molecule has 6 heteroatoms. The van der Waals surface area contributed by atoms with E-state index in [1.807, 2.05) is 30.3 Å². The van der Waals surface area contributed by atoms with Crippen LogP contribution in [0.3, 0.4) is 0 Å². The molecule has 0 aliphatic heterocycles. The van der Waals surface area contributed by atoms with Crippen LogP contribution < -0.4 is 10.6 Å². The fourth-order valence-electron chi connectivity index (χ4n) is 2.11. The van der Waals surface area contributed by atoms with E-state index in [-0.39, 0.29) is 12.2 Å². The Morgan fingerprint density at radius 2 is 1.61 bits per heavy atom. The van der Waals surface area contributed by atoms with Gasteiger partial charge in [-0.3, -0.25) is 4.79 Å². The van der Waals surface area contributed by atoms with Crippen molar-refractivity contribution in [3.8, 4) is 0 Å². The molecular weight excluding hydrogens is 305 g/mol. The zero-order valence-electron chi connectivity index (χ0n) is 12.4. The number of amides is 1. The third kappa shape index (κ3) is 5.41. The third-order valence-electron chi connectivity index (χ3n) is 3.23. The summed E-state index contributed by atoms with van der Waals surface area (Å²) in [4.78, 5) is 11.8. The molecule has 0 aliphatic rings. The molecule has 0 spiro atoms. The monoisotopic (exact) mass is 322 g/mol. The molecule has 0 bridgehead atoms. The fourth-order valence-corrected chi connectivity index (χ4v) is 2.11. The minimum absolute atomic E-state index is 0.0426. The maximum absolute atomic E-state index is 12.8. The van der Waals surface area contributed by atoms with Crippen molar-refractivity contribution < 1.29 is 18.0 Å². The van der Waals surface area contributed by atoms with Gasteiger partial charge in [0.15, 0.2) is 0 Å². The molecule has 0 radical (unpaired) electrons. The normalized spacial score (nSPS) is 11.3. The Bertz CT molecular complexity index is 642. The van der Waals surface area contributed by atoms with Crippen molar-refractivity contribution >= 4 is 11.6 Å². The Morgan fingerprint density at radius 1 is 0.957 bits per heavy atom. The van der Waals surface area contributed by atoms with Gasteiger partial charge in [-0.1, -0.05) is 42.5 Å². The van der Waals surface area contributed by atoms with E-state index in [0.29, 0.717) is 6.54 Å². The van der Waals surface area contributed by atoms with Gasteiger partial charge in [0.2, 0.25) is 5.91 Å². The number of anilines is 1. The topological polar surface area (TPSA) is 41.1 Å². The largest absolute Gasteiger partial charge is 0.418 e. The van der Waals surface area contributed by atoms with Crippen molar-refractivity contribution in [2.45, 2.75) is 12.6 Å². The van der Waals surface area contributed by atoms with Crippen LogP contribution in [0, 0.1) is 0 Å². The number of alkyl halides is 3. The molecule has 2 rings (SSSR count). The first-order valence-corrected chi connectivity index (χ1v) is 7.17. The van der Waals surface area contributed by atoms with Crippen LogP contribution in [0.4, 0.5) is 18.9 Å². The fraction of sp³-hybridized carbons (Fsp3) is 0.235. The third-order valence-corrected chi connectivity index (χ3v) is 3.23. The van der Waals surface area contributed by atoms with E-state index in [9.17, 15) is 18.0 Å². The molecule has 122 valence electrons. The summed E-state index contributed by atoms with van der Waals surface area (Å²) in [6, 6.07) is 14.6. The molecule has 0 aliphatic carbocycles. The minimum Gasteiger partial charge on any atom is -0.324 e. The van der Waals surface area contributed by atoms with Gasteiger partial charge in [-0.25, -0.2) is 0 Å². The van der Waals surface area contributed by atoms with Crippen LogP contribution in [0.1, 0.15) is 11.1 Å². The lowest BCUT2D eigenvalue weighted by Gasteiger charge is -2.13. The quantitative estimate of drug-likeness (QED) is 0.800. The van der Waals surface area contributed by atoms with E-state index in [2.05, 4.69) is 10.6 Å². The Hall–Kier alpha value is -2.34. The van der Waals surface area contributed by atoms with Crippen LogP contribution in [0.15, 0.2) is 54.6 Å². The van der Waals surface area contributed by atoms with Crippen LogP contribution in [0.25, 0.3) is 0 Å². The predicted octanol–water partition coefficient (Wildman–Crippen LogP) is 3.48. The molecule has 1 amide bonds. The summed E-state index contributed by atoms with van der Waals surface area (Å²) in [7, 11) is 0. The second-order valence-corrected chi connectivity index (χ2v) is 5.00. The molecule has 0 atom stereocenters. The number of carbonyl (C=O) groups is 1. The lowest BCUT2D eigenvalue weighted by Crippen LogP contribution is -2.30. The lowest BCUT2D eigenvalue weighted by atomic mass is 10.1. The van der Waals surface area contributed by atoms with E-state index in [0.717, 1.165) is 18.1 Å². The molecule has 0 unspecified atom stereocenters. The Morgan fingerprint density at radius 3 is 2.30 bits per heavy atom. The van der Waals surface area contributed by atoms with Crippen molar-refractivity contribution in [3.05, 3.63) is 65.7 Å². The van der Waals surface area contributed by atoms with E-state index >= 15 is 0 Å². The van der Waals surface area contributed by atoms with Crippen LogP contribution in [-0.2, 0) is 17.4 Å². The van der Waals surface area contributed by atoms with Gasteiger partial charge < -0.3 is 10.6 Å². The van der Waals surface area contributed by atoms with Crippen molar-refractivity contribution in [3.63, 3.8) is 0 Å². The van der Waals surface area contributed by atoms with Gasteiger partial charge in [-0.15, -0.1) is 0 Å². The molecule has 0 saturated carbocycles. The average Bonchev–Trinajstić information content (AvgIpc) is 2.52. The first-order chi connectivity index (χ1) is 11.0. The van der Waals surface area contributed by atoms with E-state index in [4.69, 9.17) is 0 Å². The summed E-state index contributed by atoms with van der Waals surface area (Å²) in [6.45, 7) is 0.525. The molecule has 0 saturated heterocycles. The van der Waals surface area contributed by atoms with Crippen molar-refractivity contribution in [2.24, 2.45) is 0 Å². The molecule has 23 heavy (non-hydrogen) atoms. The van der Waals surface area contributed by atoms with Crippen molar-refractivity contribution in [1.82, 2.24) is 5.32 Å². The highest BCUT2D eigenvalue weighted by molar-refractivity contribution is 5.93. The average molecular weight is 322 g/mol. The smallest absolute Gasteiger partial charge is 0.324 e. The number of hydrogen-bond acceptors (Lipinski definition) is 2. The number of para-hydroxylation sites is 1. The molecule has 2 N–H and O–H groups in total. The van der Waals surface area contributed by atoms with Gasteiger partial charge in [0.1, 0.15) is 0 Å². The SMILES string of the molecule is O=C(CNCCc1ccccc1)Nc1ccccc1C(F)(F)F. The molecule has 3 nitrogen and oxygen atoms in total. The number of halogens is 3. The molecular formula is C17H17F3N2O. The van der Waals surface area contributed by atoms with Gasteiger partial charge in [0, 0.05) is 0 Å². The number of carbonyl (C=O) groups excluding carboxylic acids is 1. The summed E-state index contributed by atoms with van der Waals surface area (Å²) < 4.78 is 38.5. The Labute approximate surface area is 132 Å². The van der Waals surface area contributed by atoms with E-state index < -0.39 is 17.6 Å². The number of hydrogen-bond donors (Lipinski definition) is 2. The molecule has 2 aromatic carbocycles. The summed E-state index contributed by atoms with van der Waals surface area (Å²) in [5, 5.41) is 5.21. The molecule has 0 fully saturated rings. The van der Waals surface area contributed by atoms with Crippen molar-refractivity contribution in [2.75, 3.05) is 18.4 Å². The number of rotatable bonds is 6. The number of nitrogens with one attached hydrogen (secondary N) is 2. The summed E-state index contributed by atoms with van der Waals surface area (Å²) in [5.41, 5.74) is 0.0512. The second-order valence-electron chi connectivity index (χ2n) is 5.00. The highest BCUT2D eigenvalue weighted by Crippen LogP contribution is 2.34. The molecule has 0 heterocycles. The first-order valence-electron chi connectivity index (χ1n) is 7.17.